The number of hydrogen-bond donors (Lipinski definition) is 2. The van der Waals surface area contributed by atoms with Crippen molar-refractivity contribution < 1.29 is 14.4 Å². The van der Waals surface area contributed by atoms with Crippen molar-refractivity contribution in [3.63, 3.8) is 0 Å². The first-order valence-corrected chi connectivity index (χ1v) is 10.7. The second-order valence-corrected chi connectivity index (χ2v) is 8.05. The number of amides is 3. The fourth-order valence-corrected chi connectivity index (χ4v) is 3.37. The lowest BCUT2D eigenvalue weighted by Crippen LogP contribution is -2.40. The van der Waals surface area contributed by atoms with Crippen molar-refractivity contribution in [2.75, 3.05) is 23.7 Å². The van der Waals surface area contributed by atoms with E-state index in [2.05, 4.69) is 10.6 Å². The fraction of sp³-hybridized carbons (Fsp3) is 0.320. The number of carbonyl (C=O) groups is 3. The molecule has 1 heterocycles. The summed E-state index contributed by atoms with van der Waals surface area (Å²) in [5.41, 5.74) is 2.38. The average molecular weight is 420 g/mol. The SMILES string of the molecule is CC(C)C(=O)Nc1ccc(NC(=O)C2CCN(C(=O)/C=C/c3ccccc3)CC2)cc1. The highest BCUT2D eigenvalue weighted by molar-refractivity contribution is 5.95. The number of rotatable bonds is 6. The topological polar surface area (TPSA) is 78.5 Å². The zero-order chi connectivity index (χ0) is 22.2. The summed E-state index contributed by atoms with van der Waals surface area (Å²) in [5, 5.41) is 5.76. The summed E-state index contributed by atoms with van der Waals surface area (Å²) in [5.74, 6) is -0.322. The van der Waals surface area contributed by atoms with Gasteiger partial charge in [0.1, 0.15) is 0 Å². The fourth-order valence-electron chi connectivity index (χ4n) is 3.37. The van der Waals surface area contributed by atoms with Crippen molar-refractivity contribution in [2.24, 2.45) is 11.8 Å². The van der Waals surface area contributed by atoms with Crippen LogP contribution in [0.4, 0.5) is 11.4 Å². The van der Waals surface area contributed by atoms with Gasteiger partial charge < -0.3 is 15.5 Å². The van der Waals surface area contributed by atoms with E-state index in [1.165, 1.54) is 0 Å². The average Bonchev–Trinajstić information content (AvgIpc) is 2.79. The third kappa shape index (κ3) is 6.54. The Labute approximate surface area is 183 Å². The zero-order valence-electron chi connectivity index (χ0n) is 18.0. The summed E-state index contributed by atoms with van der Waals surface area (Å²) >= 11 is 0. The van der Waals surface area contributed by atoms with Crippen LogP contribution in [0.15, 0.2) is 60.7 Å². The highest BCUT2D eigenvalue weighted by atomic mass is 16.2. The van der Waals surface area contributed by atoms with Crippen LogP contribution in [0.25, 0.3) is 6.08 Å². The lowest BCUT2D eigenvalue weighted by molar-refractivity contribution is -0.130. The van der Waals surface area contributed by atoms with Crippen molar-refractivity contribution >= 4 is 35.2 Å². The Bertz CT molecular complexity index is 928. The molecule has 31 heavy (non-hydrogen) atoms. The maximum atomic E-state index is 12.6. The highest BCUT2D eigenvalue weighted by Crippen LogP contribution is 2.21. The van der Waals surface area contributed by atoms with Crippen molar-refractivity contribution in [1.29, 1.82) is 0 Å². The van der Waals surface area contributed by atoms with Crippen LogP contribution in [0, 0.1) is 11.8 Å². The van der Waals surface area contributed by atoms with Gasteiger partial charge in [0.2, 0.25) is 17.7 Å². The quantitative estimate of drug-likeness (QED) is 0.690. The van der Waals surface area contributed by atoms with E-state index in [0.717, 1.165) is 5.56 Å². The predicted octanol–water partition coefficient (Wildman–Crippen LogP) is 4.17. The monoisotopic (exact) mass is 419 g/mol. The van der Waals surface area contributed by atoms with Crippen LogP contribution < -0.4 is 10.6 Å². The first kappa shape index (κ1) is 22.3. The molecule has 6 heteroatoms. The van der Waals surface area contributed by atoms with Gasteiger partial charge in [0.25, 0.3) is 0 Å². The molecule has 2 N–H and O–H groups in total. The third-order valence-electron chi connectivity index (χ3n) is 5.34. The van der Waals surface area contributed by atoms with Gasteiger partial charge in [-0.2, -0.15) is 0 Å². The number of benzene rings is 2. The Hall–Kier alpha value is -3.41. The van der Waals surface area contributed by atoms with E-state index < -0.39 is 0 Å². The Morgan fingerprint density at radius 2 is 1.48 bits per heavy atom. The summed E-state index contributed by atoms with van der Waals surface area (Å²) in [6, 6.07) is 16.8. The molecule has 3 rings (SSSR count). The number of hydrogen-bond acceptors (Lipinski definition) is 3. The van der Waals surface area contributed by atoms with Gasteiger partial charge in [0.15, 0.2) is 0 Å². The molecule has 2 aromatic rings. The number of nitrogens with zero attached hydrogens (tertiary/aromatic N) is 1. The maximum Gasteiger partial charge on any atom is 0.246 e. The molecular weight excluding hydrogens is 390 g/mol. The second-order valence-electron chi connectivity index (χ2n) is 8.05. The first-order valence-electron chi connectivity index (χ1n) is 10.7. The first-order chi connectivity index (χ1) is 14.9. The molecule has 0 atom stereocenters. The van der Waals surface area contributed by atoms with Gasteiger partial charge >= 0.3 is 0 Å². The van der Waals surface area contributed by atoms with E-state index in [0.29, 0.717) is 37.3 Å². The van der Waals surface area contributed by atoms with Gasteiger partial charge in [-0.15, -0.1) is 0 Å². The summed E-state index contributed by atoms with van der Waals surface area (Å²) in [6.45, 7) is 4.80. The zero-order valence-corrected chi connectivity index (χ0v) is 18.0. The number of carbonyl (C=O) groups excluding carboxylic acids is 3. The summed E-state index contributed by atoms with van der Waals surface area (Å²) in [6.07, 6.45) is 4.68. The smallest absolute Gasteiger partial charge is 0.246 e. The van der Waals surface area contributed by atoms with Gasteiger partial charge in [-0.05, 0) is 48.7 Å². The molecule has 1 aliphatic rings. The number of nitrogens with one attached hydrogen (secondary N) is 2. The maximum absolute atomic E-state index is 12.6. The summed E-state index contributed by atoms with van der Waals surface area (Å²) in [7, 11) is 0. The molecule has 1 saturated heterocycles. The Morgan fingerprint density at radius 3 is 2.06 bits per heavy atom. The normalized spacial score (nSPS) is 14.6. The lowest BCUT2D eigenvalue weighted by atomic mass is 9.95. The molecule has 0 aromatic heterocycles. The van der Waals surface area contributed by atoms with E-state index in [9.17, 15) is 14.4 Å². The van der Waals surface area contributed by atoms with Crippen molar-refractivity contribution in [1.82, 2.24) is 4.90 Å². The molecule has 0 spiro atoms. The highest BCUT2D eigenvalue weighted by Gasteiger charge is 2.26. The molecule has 0 saturated carbocycles. The standard InChI is InChI=1S/C25H29N3O3/c1-18(2)24(30)26-21-9-11-22(12-10-21)27-25(31)20-14-16-28(17-15-20)23(29)13-8-19-6-4-3-5-7-19/h3-13,18,20H,14-17H2,1-2H3,(H,26,30)(H,27,31)/b13-8+. The Morgan fingerprint density at radius 1 is 0.903 bits per heavy atom. The molecular formula is C25H29N3O3. The van der Waals surface area contributed by atoms with E-state index in [1.54, 1.807) is 35.2 Å². The molecule has 3 amide bonds. The second kappa shape index (κ2) is 10.6. The Kier molecular flexibility index (Phi) is 7.60. The van der Waals surface area contributed by atoms with Crippen LogP contribution in [0.3, 0.4) is 0 Å². The van der Waals surface area contributed by atoms with Crippen LogP contribution in [-0.2, 0) is 14.4 Å². The minimum Gasteiger partial charge on any atom is -0.339 e. The number of likely N-dealkylation sites (tertiary alicyclic amines) is 1. The molecule has 6 nitrogen and oxygen atoms in total. The van der Waals surface area contributed by atoms with E-state index in [1.807, 2.05) is 50.3 Å². The van der Waals surface area contributed by atoms with Crippen molar-refractivity contribution in [3.05, 3.63) is 66.2 Å². The minimum absolute atomic E-state index is 0.0262. The van der Waals surface area contributed by atoms with Gasteiger partial charge in [-0.3, -0.25) is 14.4 Å². The number of piperidine rings is 1. The molecule has 1 fully saturated rings. The largest absolute Gasteiger partial charge is 0.339 e. The summed E-state index contributed by atoms with van der Waals surface area (Å²) in [4.78, 5) is 38.5. The molecule has 0 aliphatic carbocycles. The molecule has 2 aromatic carbocycles. The van der Waals surface area contributed by atoms with Crippen LogP contribution in [-0.4, -0.2) is 35.7 Å². The third-order valence-corrected chi connectivity index (χ3v) is 5.34. The van der Waals surface area contributed by atoms with Crippen LogP contribution in [0.5, 0.6) is 0 Å². The molecule has 0 bridgehead atoms. The molecule has 162 valence electrons. The summed E-state index contributed by atoms with van der Waals surface area (Å²) < 4.78 is 0. The van der Waals surface area contributed by atoms with Crippen LogP contribution in [0.1, 0.15) is 32.3 Å². The van der Waals surface area contributed by atoms with E-state index >= 15 is 0 Å². The van der Waals surface area contributed by atoms with Crippen molar-refractivity contribution in [2.45, 2.75) is 26.7 Å². The van der Waals surface area contributed by atoms with Crippen LogP contribution in [0.2, 0.25) is 0 Å². The van der Waals surface area contributed by atoms with Crippen molar-refractivity contribution in [3.8, 4) is 0 Å². The minimum atomic E-state index is -0.123. The molecule has 0 radical (unpaired) electrons. The molecule has 0 unspecified atom stereocenters. The van der Waals surface area contributed by atoms with E-state index in [4.69, 9.17) is 0 Å². The van der Waals surface area contributed by atoms with Gasteiger partial charge in [-0.25, -0.2) is 0 Å². The Balaban J connectivity index is 1.46. The predicted molar refractivity (Wildman–Crippen MR) is 123 cm³/mol. The van der Waals surface area contributed by atoms with Gasteiger partial charge in [0.05, 0.1) is 0 Å². The number of anilines is 2. The lowest BCUT2D eigenvalue weighted by Gasteiger charge is -2.30. The van der Waals surface area contributed by atoms with Gasteiger partial charge in [-0.1, -0.05) is 44.2 Å². The molecule has 1 aliphatic heterocycles. The van der Waals surface area contributed by atoms with Crippen LogP contribution >= 0.6 is 0 Å². The van der Waals surface area contributed by atoms with Gasteiger partial charge in [0, 0.05) is 42.4 Å². The van der Waals surface area contributed by atoms with E-state index in [-0.39, 0.29) is 29.6 Å².